The number of rotatable bonds is 2. The van der Waals surface area contributed by atoms with E-state index in [1.807, 2.05) is 67.1 Å². The van der Waals surface area contributed by atoms with Gasteiger partial charge in [-0.3, -0.25) is 4.79 Å². The van der Waals surface area contributed by atoms with E-state index < -0.39 is 12.2 Å². The van der Waals surface area contributed by atoms with Crippen LogP contribution in [0.15, 0.2) is 48.5 Å². The number of hydrogen-bond donors (Lipinski definition) is 1. The minimum Gasteiger partial charge on any atom is -0.479 e. The van der Waals surface area contributed by atoms with Crippen LogP contribution in [0, 0.1) is 6.92 Å². The van der Waals surface area contributed by atoms with Crippen LogP contribution in [0.25, 0.3) is 17.2 Å². The van der Waals surface area contributed by atoms with Crippen molar-refractivity contribution in [3.63, 3.8) is 0 Å². The van der Waals surface area contributed by atoms with Gasteiger partial charge in [0.1, 0.15) is 11.3 Å². The molecule has 2 heterocycles. The predicted molar refractivity (Wildman–Crippen MR) is 95.6 cm³/mol. The number of Topliss-reactive ketones (excluding diaryl/α,β-unsaturated/α-hetero) is 1. The van der Waals surface area contributed by atoms with E-state index in [9.17, 15) is 9.90 Å². The maximum atomic E-state index is 12.7. The molecule has 3 aromatic rings. The van der Waals surface area contributed by atoms with E-state index in [1.54, 1.807) is 6.07 Å². The van der Waals surface area contributed by atoms with Gasteiger partial charge in [-0.25, -0.2) is 4.98 Å². The number of hydrogen-bond acceptors (Lipinski definition) is 4. The third kappa shape index (κ3) is 2.36. The van der Waals surface area contributed by atoms with Crippen molar-refractivity contribution >= 4 is 23.0 Å². The van der Waals surface area contributed by atoms with E-state index in [0.29, 0.717) is 16.8 Å². The van der Waals surface area contributed by atoms with Crippen LogP contribution in [-0.2, 0) is 0 Å². The SMILES string of the molecule is C/C=C\n1c(C)nc2c3c(ccc21)C(=O)[C@H](O)[C@@H](c1ccccc1)O3. The van der Waals surface area contributed by atoms with Crippen LogP contribution in [0.2, 0.25) is 0 Å². The highest BCUT2D eigenvalue weighted by Gasteiger charge is 2.38. The van der Waals surface area contributed by atoms with Crippen LogP contribution < -0.4 is 4.74 Å². The van der Waals surface area contributed by atoms with Gasteiger partial charge in [-0.2, -0.15) is 0 Å². The van der Waals surface area contributed by atoms with Gasteiger partial charge < -0.3 is 14.4 Å². The number of carbonyl (C=O) groups is 1. The molecule has 0 aliphatic carbocycles. The monoisotopic (exact) mass is 334 g/mol. The lowest BCUT2D eigenvalue weighted by molar-refractivity contribution is 0.0223. The zero-order valence-corrected chi connectivity index (χ0v) is 14.0. The number of ether oxygens (including phenoxy) is 1. The lowest BCUT2D eigenvalue weighted by Crippen LogP contribution is -2.36. The molecule has 0 saturated carbocycles. The van der Waals surface area contributed by atoms with Gasteiger partial charge in [-0.1, -0.05) is 36.4 Å². The Kier molecular flexibility index (Phi) is 3.66. The van der Waals surface area contributed by atoms with Crippen LogP contribution in [-0.4, -0.2) is 26.5 Å². The maximum absolute atomic E-state index is 12.7. The first-order chi connectivity index (χ1) is 12.1. The largest absolute Gasteiger partial charge is 0.479 e. The molecule has 5 nitrogen and oxygen atoms in total. The average Bonchev–Trinajstić information content (AvgIpc) is 2.95. The van der Waals surface area contributed by atoms with E-state index in [-0.39, 0.29) is 5.78 Å². The molecule has 1 N–H and O–H groups in total. The Balaban J connectivity index is 1.91. The van der Waals surface area contributed by atoms with Gasteiger partial charge in [0.15, 0.2) is 23.7 Å². The molecule has 5 heteroatoms. The van der Waals surface area contributed by atoms with Crippen LogP contribution in [0.1, 0.15) is 34.8 Å². The minimum atomic E-state index is -1.23. The van der Waals surface area contributed by atoms with Crippen molar-refractivity contribution in [3.8, 4) is 5.75 Å². The fourth-order valence-electron chi connectivity index (χ4n) is 3.29. The highest BCUT2D eigenvalue weighted by Crippen LogP contribution is 2.40. The molecule has 2 aromatic carbocycles. The zero-order chi connectivity index (χ0) is 17.6. The van der Waals surface area contributed by atoms with Crippen molar-refractivity contribution in [2.24, 2.45) is 0 Å². The molecule has 0 bridgehead atoms. The third-order valence-corrected chi connectivity index (χ3v) is 4.48. The summed E-state index contributed by atoms with van der Waals surface area (Å²) in [5, 5.41) is 10.4. The van der Waals surface area contributed by atoms with Crippen molar-refractivity contribution < 1.29 is 14.6 Å². The molecule has 0 unspecified atom stereocenters. The fourth-order valence-corrected chi connectivity index (χ4v) is 3.29. The third-order valence-electron chi connectivity index (χ3n) is 4.48. The van der Waals surface area contributed by atoms with Gasteiger partial charge >= 0.3 is 0 Å². The van der Waals surface area contributed by atoms with E-state index in [0.717, 1.165) is 16.9 Å². The van der Waals surface area contributed by atoms with Gasteiger partial charge in [0.05, 0.1) is 11.1 Å². The van der Waals surface area contributed by atoms with Crippen LogP contribution >= 0.6 is 0 Å². The van der Waals surface area contributed by atoms with Crippen molar-refractivity contribution in [2.45, 2.75) is 26.1 Å². The molecule has 126 valence electrons. The standard InChI is InChI=1S/C20H18N2O3/c1-3-11-22-12(2)21-16-15(22)10-9-14-17(23)18(24)19(25-20(14)16)13-7-5-4-6-8-13/h3-11,18-19,24H,1-2H3/b11-3-/t18-,19+/m0/s1. The van der Waals surface area contributed by atoms with Crippen LogP contribution in [0.5, 0.6) is 5.75 Å². The number of aliphatic hydroxyl groups is 1. The molecule has 0 spiro atoms. The normalized spacial score (nSPS) is 20.0. The first-order valence-corrected chi connectivity index (χ1v) is 8.20. The Bertz CT molecular complexity index is 989. The molecule has 2 atom stereocenters. The lowest BCUT2D eigenvalue weighted by atomic mass is 9.93. The Morgan fingerprint density at radius 2 is 1.96 bits per heavy atom. The van der Waals surface area contributed by atoms with Crippen molar-refractivity contribution in [1.29, 1.82) is 0 Å². The van der Waals surface area contributed by atoms with E-state index in [4.69, 9.17) is 4.74 Å². The van der Waals surface area contributed by atoms with Crippen molar-refractivity contribution in [3.05, 3.63) is 65.5 Å². The van der Waals surface area contributed by atoms with Gasteiger partial charge in [0, 0.05) is 6.20 Å². The second-order valence-corrected chi connectivity index (χ2v) is 6.08. The van der Waals surface area contributed by atoms with Crippen molar-refractivity contribution in [2.75, 3.05) is 0 Å². The number of nitrogens with zero attached hydrogens (tertiary/aromatic N) is 2. The maximum Gasteiger partial charge on any atom is 0.199 e. The van der Waals surface area contributed by atoms with Crippen molar-refractivity contribution in [1.82, 2.24) is 9.55 Å². The number of imidazole rings is 1. The number of carbonyl (C=O) groups excluding carboxylic acids is 1. The second kappa shape index (κ2) is 5.86. The molecule has 0 saturated heterocycles. The summed E-state index contributed by atoms with van der Waals surface area (Å²) in [5.41, 5.74) is 2.63. The first kappa shape index (κ1) is 15.6. The number of fused-ring (bicyclic) bond motifs is 3. The first-order valence-electron chi connectivity index (χ1n) is 8.20. The molecule has 1 aromatic heterocycles. The zero-order valence-electron chi connectivity index (χ0n) is 14.0. The fraction of sp³-hybridized carbons (Fsp3) is 0.200. The van der Waals surface area contributed by atoms with Gasteiger partial charge in [0.2, 0.25) is 0 Å². The van der Waals surface area contributed by atoms with E-state index in [2.05, 4.69) is 4.98 Å². The summed E-state index contributed by atoms with van der Waals surface area (Å²) in [7, 11) is 0. The summed E-state index contributed by atoms with van der Waals surface area (Å²) < 4.78 is 8.04. The highest BCUT2D eigenvalue weighted by atomic mass is 16.5. The van der Waals surface area contributed by atoms with Crippen LogP contribution in [0.4, 0.5) is 0 Å². The minimum absolute atomic E-state index is 0.338. The smallest absolute Gasteiger partial charge is 0.199 e. The molecule has 4 rings (SSSR count). The predicted octanol–water partition coefficient (Wildman–Crippen LogP) is 3.51. The molecule has 0 radical (unpaired) electrons. The Labute approximate surface area is 145 Å². The molecular weight excluding hydrogens is 316 g/mol. The van der Waals surface area contributed by atoms with Crippen LogP contribution in [0.3, 0.4) is 0 Å². The Morgan fingerprint density at radius 1 is 1.20 bits per heavy atom. The highest BCUT2D eigenvalue weighted by molar-refractivity contribution is 6.07. The lowest BCUT2D eigenvalue weighted by Gasteiger charge is -2.29. The summed E-state index contributed by atoms with van der Waals surface area (Å²) in [6.07, 6.45) is 1.88. The number of ketones is 1. The number of aryl methyl sites for hydroxylation is 1. The molecule has 0 amide bonds. The Morgan fingerprint density at radius 3 is 2.68 bits per heavy atom. The van der Waals surface area contributed by atoms with E-state index in [1.165, 1.54) is 0 Å². The number of aromatic nitrogens is 2. The van der Waals surface area contributed by atoms with Gasteiger partial charge in [-0.05, 0) is 31.5 Å². The second-order valence-electron chi connectivity index (χ2n) is 6.08. The Hall–Kier alpha value is -2.92. The summed E-state index contributed by atoms with van der Waals surface area (Å²) >= 11 is 0. The molecular formula is C20H18N2O3. The van der Waals surface area contributed by atoms with Gasteiger partial charge in [0.25, 0.3) is 0 Å². The average molecular weight is 334 g/mol. The number of benzene rings is 2. The topological polar surface area (TPSA) is 64.4 Å². The van der Waals surface area contributed by atoms with E-state index >= 15 is 0 Å². The number of allylic oxidation sites excluding steroid dienone is 1. The molecule has 0 fully saturated rings. The summed E-state index contributed by atoms with van der Waals surface area (Å²) in [4.78, 5) is 17.3. The quantitative estimate of drug-likeness (QED) is 0.779. The summed E-state index contributed by atoms with van der Waals surface area (Å²) in [6.45, 7) is 3.84. The summed E-state index contributed by atoms with van der Waals surface area (Å²) in [6, 6.07) is 12.8. The van der Waals surface area contributed by atoms with Gasteiger partial charge in [-0.15, -0.1) is 0 Å². The number of aliphatic hydroxyl groups excluding tert-OH is 1. The molecule has 25 heavy (non-hydrogen) atoms. The summed E-state index contributed by atoms with van der Waals surface area (Å²) in [5.74, 6) is 0.906. The molecule has 1 aliphatic rings. The molecule has 1 aliphatic heterocycles.